The van der Waals surface area contributed by atoms with Gasteiger partial charge in [-0.2, -0.15) is 0 Å². The highest BCUT2D eigenvalue weighted by atomic mass is 16.3. The predicted octanol–water partition coefficient (Wildman–Crippen LogP) is 6.13. The quantitative estimate of drug-likeness (QED) is 0.662. The number of hydrogen-bond donors (Lipinski definition) is 1. The van der Waals surface area contributed by atoms with Gasteiger partial charge in [0, 0.05) is 0 Å². The van der Waals surface area contributed by atoms with Gasteiger partial charge in [0.05, 0.1) is 0 Å². The standard InChI is InChI=1S/C19H32O/c1-7-8-13-19(5,6)17(14-18(2,3)4)15-9-11-16(20)12-10-15/h9-12,17,20H,7-8,13-14H2,1-6H3. The Morgan fingerprint density at radius 2 is 1.55 bits per heavy atom. The van der Waals surface area contributed by atoms with E-state index in [9.17, 15) is 5.11 Å². The van der Waals surface area contributed by atoms with E-state index in [4.69, 9.17) is 0 Å². The number of phenols is 1. The van der Waals surface area contributed by atoms with Crippen LogP contribution in [0.4, 0.5) is 0 Å². The van der Waals surface area contributed by atoms with Crippen molar-refractivity contribution in [3.63, 3.8) is 0 Å². The van der Waals surface area contributed by atoms with Crippen molar-refractivity contribution in [1.82, 2.24) is 0 Å². The van der Waals surface area contributed by atoms with Crippen LogP contribution in [0.3, 0.4) is 0 Å². The Morgan fingerprint density at radius 3 is 2.00 bits per heavy atom. The first-order chi connectivity index (χ1) is 9.15. The number of unbranched alkanes of at least 4 members (excludes halogenated alkanes) is 1. The molecule has 1 N–H and O–H groups in total. The molecule has 1 rings (SSSR count). The molecule has 0 aliphatic heterocycles. The van der Waals surface area contributed by atoms with E-state index in [1.807, 2.05) is 12.1 Å². The molecule has 0 saturated heterocycles. The van der Waals surface area contributed by atoms with Crippen molar-refractivity contribution < 1.29 is 5.11 Å². The summed E-state index contributed by atoms with van der Waals surface area (Å²) in [6, 6.07) is 7.83. The molecule has 0 bridgehead atoms. The molecule has 0 heterocycles. The molecule has 0 aliphatic carbocycles. The minimum absolute atomic E-state index is 0.292. The molecule has 0 spiro atoms. The topological polar surface area (TPSA) is 20.2 Å². The Hall–Kier alpha value is -0.980. The fraction of sp³-hybridized carbons (Fsp3) is 0.684. The van der Waals surface area contributed by atoms with Gasteiger partial charge in [-0.15, -0.1) is 0 Å². The zero-order valence-electron chi connectivity index (χ0n) is 14.2. The highest BCUT2D eigenvalue weighted by molar-refractivity contribution is 5.29. The molecule has 20 heavy (non-hydrogen) atoms. The van der Waals surface area contributed by atoms with Gasteiger partial charge in [0.2, 0.25) is 0 Å². The third-order valence-electron chi connectivity index (χ3n) is 4.23. The minimum Gasteiger partial charge on any atom is -0.508 e. The molecule has 1 unspecified atom stereocenters. The molecule has 0 saturated carbocycles. The third kappa shape index (κ3) is 5.19. The van der Waals surface area contributed by atoms with Crippen LogP contribution in [0.1, 0.15) is 78.7 Å². The van der Waals surface area contributed by atoms with Crippen molar-refractivity contribution in [2.24, 2.45) is 10.8 Å². The maximum atomic E-state index is 9.52. The predicted molar refractivity (Wildman–Crippen MR) is 88.2 cm³/mol. The maximum absolute atomic E-state index is 9.52. The van der Waals surface area contributed by atoms with E-state index in [2.05, 4.69) is 53.7 Å². The molecular formula is C19H32O. The fourth-order valence-corrected chi connectivity index (χ4v) is 2.97. The summed E-state index contributed by atoms with van der Waals surface area (Å²) in [5, 5.41) is 9.52. The number of rotatable bonds is 6. The second-order valence-corrected chi connectivity index (χ2v) is 8.00. The van der Waals surface area contributed by atoms with Gasteiger partial charge in [-0.05, 0) is 47.3 Å². The number of aromatic hydroxyl groups is 1. The molecule has 1 heteroatoms. The first-order valence-electron chi connectivity index (χ1n) is 7.94. The smallest absolute Gasteiger partial charge is 0.115 e. The molecule has 1 atom stereocenters. The van der Waals surface area contributed by atoms with Crippen LogP contribution in [0.25, 0.3) is 0 Å². The molecule has 0 fully saturated rings. The minimum atomic E-state index is 0.292. The second kappa shape index (κ2) is 6.65. The molecule has 1 aromatic rings. The summed E-state index contributed by atoms with van der Waals surface area (Å²) in [6.07, 6.45) is 4.96. The van der Waals surface area contributed by atoms with Crippen LogP contribution in [0.15, 0.2) is 24.3 Å². The highest BCUT2D eigenvalue weighted by Gasteiger charge is 2.33. The summed E-state index contributed by atoms with van der Waals surface area (Å²) in [6.45, 7) is 14.0. The molecule has 114 valence electrons. The van der Waals surface area contributed by atoms with Crippen molar-refractivity contribution >= 4 is 0 Å². The SMILES string of the molecule is CCCCC(C)(C)C(CC(C)(C)C)c1ccc(O)cc1. The molecule has 1 aromatic carbocycles. The third-order valence-corrected chi connectivity index (χ3v) is 4.23. The van der Waals surface area contributed by atoms with Gasteiger partial charge in [0.15, 0.2) is 0 Å². The molecule has 0 radical (unpaired) electrons. The van der Waals surface area contributed by atoms with Crippen molar-refractivity contribution in [2.75, 3.05) is 0 Å². The molecule has 1 nitrogen and oxygen atoms in total. The van der Waals surface area contributed by atoms with E-state index in [0.717, 1.165) is 0 Å². The lowest BCUT2D eigenvalue weighted by Crippen LogP contribution is -2.26. The Balaban J connectivity index is 3.04. The Morgan fingerprint density at radius 1 is 1.00 bits per heavy atom. The van der Waals surface area contributed by atoms with Crippen LogP contribution in [0.5, 0.6) is 5.75 Å². The van der Waals surface area contributed by atoms with Crippen molar-refractivity contribution in [3.05, 3.63) is 29.8 Å². The van der Waals surface area contributed by atoms with E-state index >= 15 is 0 Å². The lowest BCUT2D eigenvalue weighted by atomic mass is 9.66. The maximum Gasteiger partial charge on any atom is 0.115 e. The lowest BCUT2D eigenvalue weighted by molar-refractivity contribution is 0.193. The second-order valence-electron chi connectivity index (χ2n) is 8.00. The summed E-state index contributed by atoms with van der Waals surface area (Å²) in [5.74, 6) is 0.893. The monoisotopic (exact) mass is 276 g/mol. The largest absolute Gasteiger partial charge is 0.508 e. The Kier molecular flexibility index (Phi) is 5.68. The van der Waals surface area contributed by atoms with Gasteiger partial charge >= 0.3 is 0 Å². The summed E-state index contributed by atoms with van der Waals surface area (Å²) in [7, 11) is 0. The first kappa shape index (κ1) is 17.1. The number of benzene rings is 1. The summed E-state index contributed by atoms with van der Waals surface area (Å²) in [5.41, 5.74) is 1.96. The van der Waals surface area contributed by atoms with Crippen molar-refractivity contribution in [3.8, 4) is 5.75 Å². The van der Waals surface area contributed by atoms with E-state index in [-0.39, 0.29) is 0 Å². The van der Waals surface area contributed by atoms with Crippen molar-refractivity contribution in [2.45, 2.75) is 73.1 Å². The van der Waals surface area contributed by atoms with Crippen LogP contribution in [-0.2, 0) is 0 Å². The van der Waals surface area contributed by atoms with Gasteiger partial charge in [0.25, 0.3) is 0 Å². The highest BCUT2D eigenvalue weighted by Crippen LogP contribution is 2.46. The Bertz CT molecular complexity index is 395. The molecule has 0 amide bonds. The summed E-state index contributed by atoms with van der Waals surface area (Å²) in [4.78, 5) is 0. The van der Waals surface area contributed by atoms with Gasteiger partial charge in [-0.1, -0.05) is 66.5 Å². The van der Waals surface area contributed by atoms with Crippen LogP contribution in [0.2, 0.25) is 0 Å². The van der Waals surface area contributed by atoms with Gasteiger partial charge in [-0.3, -0.25) is 0 Å². The van der Waals surface area contributed by atoms with Crippen molar-refractivity contribution in [1.29, 1.82) is 0 Å². The molecule has 0 aromatic heterocycles. The molecule has 0 aliphatic rings. The zero-order chi connectivity index (χ0) is 15.4. The lowest BCUT2D eigenvalue weighted by Gasteiger charge is -2.39. The zero-order valence-corrected chi connectivity index (χ0v) is 14.2. The fourth-order valence-electron chi connectivity index (χ4n) is 2.97. The van der Waals surface area contributed by atoms with Gasteiger partial charge in [0.1, 0.15) is 5.75 Å². The summed E-state index contributed by atoms with van der Waals surface area (Å²) < 4.78 is 0. The first-order valence-corrected chi connectivity index (χ1v) is 7.94. The van der Waals surface area contributed by atoms with Crippen LogP contribution in [0, 0.1) is 10.8 Å². The summed E-state index contributed by atoms with van der Waals surface area (Å²) >= 11 is 0. The average molecular weight is 276 g/mol. The van der Waals surface area contributed by atoms with E-state index < -0.39 is 0 Å². The van der Waals surface area contributed by atoms with Crippen LogP contribution < -0.4 is 0 Å². The van der Waals surface area contributed by atoms with E-state index in [1.165, 1.54) is 31.2 Å². The average Bonchev–Trinajstić information content (AvgIpc) is 2.34. The molecular weight excluding hydrogens is 244 g/mol. The normalized spacial score (nSPS) is 14.3. The number of hydrogen-bond acceptors (Lipinski definition) is 1. The van der Waals surface area contributed by atoms with Gasteiger partial charge in [-0.25, -0.2) is 0 Å². The van der Waals surface area contributed by atoms with E-state index in [0.29, 0.717) is 22.5 Å². The Labute approximate surface area is 125 Å². The van der Waals surface area contributed by atoms with Crippen LogP contribution >= 0.6 is 0 Å². The van der Waals surface area contributed by atoms with Gasteiger partial charge < -0.3 is 5.11 Å². The van der Waals surface area contributed by atoms with E-state index in [1.54, 1.807) is 0 Å². The van der Waals surface area contributed by atoms with Crippen LogP contribution in [-0.4, -0.2) is 5.11 Å². The number of phenolic OH excluding ortho intramolecular Hbond substituents is 1.